The van der Waals surface area contributed by atoms with E-state index < -0.39 is 10.0 Å². The average molecular weight is 396 g/mol. The molecular weight excluding hydrogens is 366 g/mol. The summed E-state index contributed by atoms with van der Waals surface area (Å²) in [7, 11) is -3.66. The molecule has 8 heteroatoms. The molecule has 0 aliphatic carbocycles. The lowest BCUT2D eigenvalue weighted by Gasteiger charge is -2.22. The number of nitrogens with one attached hydrogen (secondary N) is 1. The number of hydrogen-bond donors (Lipinski definition) is 1. The monoisotopic (exact) mass is 395 g/mol. The molecule has 1 aliphatic heterocycles. The van der Waals surface area contributed by atoms with Crippen LogP contribution in [-0.4, -0.2) is 51.3 Å². The maximum Gasteiger partial charge on any atom is 0.240 e. The lowest BCUT2D eigenvalue weighted by molar-refractivity contribution is -0.129. The molecule has 2 amide bonds. The van der Waals surface area contributed by atoms with E-state index in [1.165, 1.54) is 19.9 Å². The second-order valence-corrected chi connectivity index (χ2v) is 9.06. The van der Waals surface area contributed by atoms with Crippen LogP contribution in [-0.2, 0) is 26.0 Å². The van der Waals surface area contributed by atoms with E-state index in [0.29, 0.717) is 32.0 Å². The Morgan fingerprint density at radius 1 is 1.22 bits per heavy atom. The average Bonchev–Trinajstić information content (AvgIpc) is 3.00. The second kappa shape index (κ2) is 8.84. The molecule has 0 aromatic heterocycles. The van der Waals surface area contributed by atoms with Gasteiger partial charge in [-0.15, -0.1) is 0 Å². The molecule has 27 heavy (non-hydrogen) atoms. The van der Waals surface area contributed by atoms with Crippen molar-refractivity contribution in [2.45, 2.75) is 45.4 Å². The summed E-state index contributed by atoms with van der Waals surface area (Å²) in [5.74, 6) is 0.370. The zero-order chi connectivity index (χ0) is 20.2. The molecule has 1 aromatic rings. The molecule has 7 nitrogen and oxygen atoms in total. The Morgan fingerprint density at radius 2 is 1.93 bits per heavy atom. The first-order valence-electron chi connectivity index (χ1n) is 9.28. The van der Waals surface area contributed by atoms with Crippen molar-refractivity contribution in [3.05, 3.63) is 23.8 Å². The van der Waals surface area contributed by atoms with E-state index in [2.05, 4.69) is 18.6 Å². The van der Waals surface area contributed by atoms with Gasteiger partial charge in [0, 0.05) is 45.7 Å². The standard InChI is InChI=1S/C19H29N3O4S/c1-14(2)7-10-21(15(3)23)12-9-20-27(25,26)18-5-6-19-17(13-18)8-11-22(19)16(4)24/h5-6,13-14,20H,7-12H2,1-4H3. The van der Waals surface area contributed by atoms with Gasteiger partial charge >= 0.3 is 0 Å². The summed E-state index contributed by atoms with van der Waals surface area (Å²) >= 11 is 0. The summed E-state index contributed by atoms with van der Waals surface area (Å²) in [6.45, 7) is 8.86. The van der Waals surface area contributed by atoms with Gasteiger partial charge in [-0.1, -0.05) is 13.8 Å². The second-order valence-electron chi connectivity index (χ2n) is 7.30. The van der Waals surface area contributed by atoms with Crippen LogP contribution in [0, 0.1) is 5.92 Å². The lowest BCUT2D eigenvalue weighted by Crippen LogP contribution is -2.38. The third kappa shape index (κ3) is 5.52. The van der Waals surface area contributed by atoms with E-state index in [4.69, 9.17) is 0 Å². The fourth-order valence-electron chi connectivity index (χ4n) is 3.11. The number of anilines is 1. The third-order valence-electron chi connectivity index (χ3n) is 4.73. The summed E-state index contributed by atoms with van der Waals surface area (Å²) in [5, 5.41) is 0. The first-order valence-corrected chi connectivity index (χ1v) is 10.8. The summed E-state index contributed by atoms with van der Waals surface area (Å²) in [4.78, 5) is 26.8. The summed E-state index contributed by atoms with van der Waals surface area (Å²) in [5.41, 5.74) is 1.63. The summed E-state index contributed by atoms with van der Waals surface area (Å²) < 4.78 is 27.7. The van der Waals surface area contributed by atoms with E-state index in [-0.39, 0.29) is 23.3 Å². The minimum absolute atomic E-state index is 0.0480. The zero-order valence-corrected chi connectivity index (χ0v) is 17.3. The van der Waals surface area contributed by atoms with Crippen LogP contribution in [0.2, 0.25) is 0 Å². The summed E-state index contributed by atoms with van der Waals surface area (Å²) in [6.07, 6.45) is 1.52. The molecule has 0 saturated carbocycles. The van der Waals surface area contributed by atoms with Crippen molar-refractivity contribution in [1.82, 2.24) is 9.62 Å². The molecule has 1 aliphatic rings. The molecule has 1 aromatic carbocycles. The third-order valence-corrected chi connectivity index (χ3v) is 6.19. The van der Waals surface area contributed by atoms with Crippen LogP contribution in [0.1, 0.15) is 39.7 Å². The van der Waals surface area contributed by atoms with Gasteiger partial charge < -0.3 is 9.80 Å². The van der Waals surface area contributed by atoms with Crippen LogP contribution in [0.3, 0.4) is 0 Å². The van der Waals surface area contributed by atoms with Gasteiger partial charge in [-0.05, 0) is 42.5 Å². The number of nitrogens with zero attached hydrogens (tertiary/aromatic N) is 2. The molecule has 0 bridgehead atoms. The largest absolute Gasteiger partial charge is 0.342 e. The molecule has 0 unspecified atom stereocenters. The van der Waals surface area contributed by atoms with Gasteiger partial charge in [0.15, 0.2) is 0 Å². The Hall–Kier alpha value is -1.93. The van der Waals surface area contributed by atoms with Crippen molar-refractivity contribution >= 4 is 27.5 Å². The van der Waals surface area contributed by atoms with Crippen LogP contribution in [0.25, 0.3) is 0 Å². The quantitative estimate of drug-likeness (QED) is 0.727. The van der Waals surface area contributed by atoms with E-state index >= 15 is 0 Å². The van der Waals surface area contributed by atoms with Gasteiger partial charge in [-0.25, -0.2) is 13.1 Å². The molecular formula is C19H29N3O4S. The number of amides is 2. The van der Waals surface area contributed by atoms with Gasteiger partial charge in [0.05, 0.1) is 4.90 Å². The van der Waals surface area contributed by atoms with Crippen molar-refractivity contribution in [2.24, 2.45) is 5.92 Å². The number of fused-ring (bicyclic) bond motifs is 1. The summed E-state index contributed by atoms with van der Waals surface area (Å²) in [6, 6.07) is 4.83. The van der Waals surface area contributed by atoms with Crippen LogP contribution in [0.4, 0.5) is 5.69 Å². The van der Waals surface area contributed by atoms with Crippen LogP contribution < -0.4 is 9.62 Å². The fraction of sp³-hybridized carbons (Fsp3) is 0.579. The lowest BCUT2D eigenvalue weighted by atomic mass is 10.1. The molecule has 0 fully saturated rings. The molecule has 0 radical (unpaired) electrons. The number of carbonyl (C=O) groups is 2. The molecule has 0 spiro atoms. The van der Waals surface area contributed by atoms with Crippen molar-refractivity contribution in [1.29, 1.82) is 0 Å². The highest BCUT2D eigenvalue weighted by Crippen LogP contribution is 2.30. The Morgan fingerprint density at radius 3 is 2.52 bits per heavy atom. The normalized spacial score (nSPS) is 13.7. The van der Waals surface area contributed by atoms with Gasteiger partial charge in [-0.3, -0.25) is 9.59 Å². The van der Waals surface area contributed by atoms with Crippen LogP contribution in [0.15, 0.2) is 23.1 Å². The smallest absolute Gasteiger partial charge is 0.240 e. The van der Waals surface area contributed by atoms with E-state index in [9.17, 15) is 18.0 Å². The fourth-order valence-corrected chi connectivity index (χ4v) is 4.18. The van der Waals surface area contributed by atoms with E-state index in [1.54, 1.807) is 21.9 Å². The predicted octanol–water partition coefficient (Wildman–Crippen LogP) is 1.77. The maximum absolute atomic E-state index is 12.6. The van der Waals surface area contributed by atoms with E-state index in [0.717, 1.165) is 17.7 Å². The van der Waals surface area contributed by atoms with Crippen LogP contribution in [0.5, 0.6) is 0 Å². The number of benzene rings is 1. The number of hydrogen-bond acceptors (Lipinski definition) is 4. The number of carbonyl (C=O) groups excluding carboxylic acids is 2. The first-order chi connectivity index (χ1) is 12.6. The first kappa shape index (κ1) is 21.4. The molecule has 1 N–H and O–H groups in total. The van der Waals surface area contributed by atoms with Crippen molar-refractivity contribution in [3.8, 4) is 0 Å². The van der Waals surface area contributed by atoms with Crippen molar-refractivity contribution in [3.63, 3.8) is 0 Å². The van der Waals surface area contributed by atoms with Crippen LogP contribution >= 0.6 is 0 Å². The molecule has 0 saturated heterocycles. The SMILES string of the molecule is CC(=O)N(CCNS(=O)(=O)c1ccc2c(c1)CCN2C(C)=O)CCC(C)C. The molecule has 1 heterocycles. The zero-order valence-electron chi connectivity index (χ0n) is 16.5. The highest BCUT2D eigenvalue weighted by molar-refractivity contribution is 7.89. The maximum atomic E-state index is 12.6. The minimum Gasteiger partial charge on any atom is -0.342 e. The van der Waals surface area contributed by atoms with Crippen molar-refractivity contribution in [2.75, 3.05) is 31.1 Å². The Balaban J connectivity index is 2.00. The topological polar surface area (TPSA) is 86.8 Å². The van der Waals surface area contributed by atoms with Gasteiger partial charge in [0.2, 0.25) is 21.8 Å². The van der Waals surface area contributed by atoms with Gasteiger partial charge in [0.25, 0.3) is 0 Å². The minimum atomic E-state index is -3.66. The Bertz CT molecular complexity index is 805. The molecule has 150 valence electrons. The number of rotatable bonds is 8. The highest BCUT2D eigenvalue weighted by atomic mass is 32.2. The number of sulfonamides is 1. The predicted molar refractivity (Wildman–Crippen MR) is 105 cm³/mol. The Labute approximate surface area is 161 Å². The van der Waals surface area contributed by atoms with E-state index in [1.807, 2.05) is 0 Å². The Kier molecular flexibility index (Phi) is 7.00. The van der Waals surface area contributed by atoms with Gasteiger partial charge in [-0.2, -0.15) is 0 Å². The highest BCUT2D eigenvalue weighted by Gasteiger charge is 2.24. The molecule has 0 atom stereocenters. The molecule has 2 rings (SSSR count). The van der Waals surface area contributed by atoms with Gasteiger partial charge in [0.1, 0.15) is 0 Å². The van der Waals surface area contributed by atoms with Crippen molar-refractivity contribution < 1.29 is 18.0 Å².